The molecule has 0 aliphatic heterocycles. The zero-order valence-corrected chi connectivity index (χ0v) is 9.20. The number of rotatable bonds is 4. The summed E-state index contributed by atoms with van der Waals surface area (Å²) in [5.41, 5.74) is 9.53. The van der Waals surface area contributed by atoms with Gasteiger partial charge in [0.2, 0.25) is 0 Å². The van der Waals surface area contributed by atoms with Crippen molar-refractivity contribution < 1.29 is 50.4 Å². The Balaban J connectivity index is -0.000000180. The minimum absolute atomic E-state index is 0. The van der Waals surface area contributed by atoms with Crippen LogP contribution in [0.15, 0.2) is 0 Å². The van der Waals surface area contributed by atoms with E-state index < -0.39 is 37.2 Å². The molecule has 0 aliphatic rings. The molecule has 0 amide bonds. The summed E-state index contributed by atoms with van der Waals surface area (Å²) in [5.74, 6) is -2.36. The van der Waals surface area contributed by atoms with Gasteiger partial charge in [0.05, 0.1) is 13.2 Å². The second-order valence-corrected chi connectivity index (χ2v) is 2.25. The van der Waals surface area contributed by atoms with Gasteiger partial charge in [-0.3, -0.25) is 9.59 Å². The van der Waals surface area contributed by atoms with Crippen LogP contribution in [0.25, 0.3) is 0 Å². The fraction of sp³-hybridized carbons (Fsp3) is 0.667. The maximum Gasteiger partial charge on any atom is 0.322 e. The first-order valence-electron chi connectivity index (χ1n) is 3.55. The summed E-state index contributed by atoms with van der Waals surface area (Å²) in [5, 5.41) is 31.8. The van der Waals surface area contributed by atoms with Gasteiger partial charge in [-0.15, -0.1) is 0 Å². The summed E-state index contributed by atoms with van der Waals surface area (Å²) in [6, 6.07) is -2.25. The van der Waals surface area contributed by atoms with E-state index >= 15 is 0 Å². The predicted octanol–water partition coefficient (Wildman–Crippen LogP) is -3.22. The van der Waals surface area contributed by atoms with Crippen molar-refractivity contribution in [3.63, 3.8) is 0 Å². The first kappa shape index (κ1) is 19.9. The van der Waals surface area contributed by atoms with E-state index in [2.05, 4.69) is 0 Å². The van der Waals surface area contributed by atoms with E-state index in [-0.39, 0.29) is 20.4 Å². The van der Waals surface area contributed by atoms with E-state index in [0.29, 0.717) is 0 Å². The van der Waals surface area contributed by atoms with Crippen molar-refractivity contribution in [3.05, 3.63) is 0 Å². The molecule has 0 bridgehead atoms. The fourth-order valence-electron chi connectivity index (χ4n) is 0.156. The molecule has 0 aromatic carbocycles. The third-order valence-corrected chi connectivity index (χ3v) is 1.03. The van der Waals surface area contributed by atoms with Crippen LogP contribution in [0.2, 0.25) is 0 Å². The Bertz CT molecular complexity index is 170. The van der Waals surface area contributed by atoms with Gasteiger partial charge in [-0.25, -0.2) is 0 Å². The van der Waals surface area contributed by atoms with Crippen molar-refractivity contribution in [3.8, 4) is 0 Å². The molecular weight excluding hydrogens is 302 g/mol. The average Bonchev–Trinajstić information content (AvgIpc) is 2.15. The third-order valence-electron chi connectivity index (χ3n) is 1.03. The average molecular weight is 317 g/mol. The molecule has 0 heterocycles. The number of carbonyl (C=O) groups is 2. The van der Waals surface area contributed by atoms with Crippen molar-refractivity contribution in [2.24, 2.45) is 11.5 Å². The molecule has 0 saturated carbocycles. The molecule has 0 aromatic heterocycles. The van der Waals surface area contributed by atoms with E-state index in [1.807, 2.05) is 0 Å². The number of aliphatic carboxylic acids is 2. The summed E-state index contributed by atoms with van der Waals surface area (Å²) < 4.78 is 0. The fourth-order valence-corrected chi connectivity index (χ4v) is 0.156. The number of aliphatic hydroxyl groups excluding tert-OH is 2. The minimum atomic E-state index is -1.18. The second kappa shape index (κ2) is 11.5. The summed E-state index contributed by atoms with van der Waals surface area (Å²) in [7, 11) is 0. The molecule has 0 fully saturated rings. The molecule has 0 spiro atoms. The van der Waals surface area contributed by atoms with E-state index in [1.54, 1.807) is 0 Å². The van der Waals surface area contributed by atoms with Gasteiger partial charge < -0.3 is 31.9 Å². The molecule has 0 radical (unpaired) electrons. The van der Waals surface area contributed by atoms with Crippen LogP contribution in [-0.4, -0.2) is 57.7 Å². The molecule has 8 nitrogen and oxygen atoms in total. The maximum atomic E-state index is 9.65. The van der Waals surface area contributed by atoms with Gasteiger partial charge in [0.1, 0.15) is 12.1 Å². The van der Waals surface area contributed by atoms with Gasteiger partial charge in [-0.05, 0) is 0 Å². The SMILES string of the molecule is N[C@@H](CO)C(=O)O.N[C@@H](CO)C(=O)O.[Pd]. The van der Waals surface area contributed by atoms with Gasteiger partial charge in [0.25, 0.3) is 0 Å². The number of aliphatic hydroxyl groups is 2. The zero-order chi connectivity index (χ0) is 11.7. The van der Waals surface area contributed by atoms with Crippen LogP contribution in [0.5, 0.6) is 0 Å². The van der Waals surface area contributed by atoms with Crippen molar-refractivity contribution in [2.45, 2.75) is 12.1 Å². The first-order chi connectivity index (χ1) is 6.36. The molecule has 0 unspecified atom stereocenters. The van der Waals surface area contributed by atoms with Crippen LogP contribution in [0.3, 0.4) is 0 Å². The van der Waals surface area contributed by atoms with Crippen molar-refractivity contribution in [1.29, 1.82) is 0 Å². The smallest absolute Gasteiger partial charge is 0.322 e. The van der Waals surface area contributed by atoms with Gasteiger partial charge in [0, 0.05) is 20.4 Å². The molecule has 0 rings (SSSR count). The molecule has 15 heavy (non-hydrogen) atoms. The van der Waals surface area contributed by atoms with Gasteiger partial charge in [-0.2, -0.15) is 0 Å². The Hall–Kier alpha value is -0.558. The monoisotopic (exact) mass is 316 g/mol. The topological polar surface area (TPSA) is 167 Å². The molecule has 0 aliphatic carbocycles. The molecule has 8 N–H and O–H groups in total. The molecule has 9 heteroatoms. The predicted molar refractivity (Wildman–Crippen MR) is 45.4 cm³/mol. The summed E-state index contributed by atoms with van der Waals surface area (Å²) in [6.45, 7) is -1.01. The van der Waals surface area contributed by atoms with Crippen LogP contribution in [0.1, 0.15) is 0 Å². The largest absolute Gasteiger partial charge is 0.480 e. The molecular formula is C6H14N2O6Pd. The Morgan fingerprint density at radius 1 is 0.933 bits per heavy atom. The summed E-state index contributed by atoms with van der Waals surface area (Å²) in [4.78, 5) is 19.3. The summed E-state index contributed by atoms with van der Waals surface area (Å²) in [6.07, 6.45) is 0. The van der Waals surface area contributed by atoms with Crippen LogP contribution in [-0.2, 0) is 30.0 Å². The summed E-state index contributed by atoms with van der Waals surface area (Å²) >= 11 is 0. The molecule has 2 atom stereocenters. The quantitative estimate of drug-likeness (QED) is 0.294. The van der Waals surface area contributed by atoms with Crippen LogP contribution in [0, 0.1) is 0 Å². The Morgan fingerprint density at radius 3 is 1.13 bits per heavy atom. The van der Waals surface area contributed by atoms with Crippen LogP contribution >= 0.6 is 0 Å². The van der Waals surface area contributed by atoms with Crippen molar-refractivity contribution in [2.75, 3.05) is 13.2 Å². The molecule has 0 saturated heterocycles. The minimum Gasteiger partial charge on any atom is -0.480 e. The van der Waals surface area contributed by atoms with Crippen molar-refractivity contribution in [1.82, 2.24) is 0 Å². The van der Waals surface area contributed by atoms with E-state index in [9.17, 15) is 9.59 Å². The van der Waals surface area contributed by atoms with Gasteiger partial charge >= 0.3 is 11.9 Å². The third kappa shape index (κ3) is 13.4. The van der Waals surface area contributed by atoms with E-state index in [1.165, 1.54) is 0 Å². The number of carboxylic acids is 2. The number of hydrogen-bond donors (Lipinski definition) is 6. The number of carboxylic acid groups (broad SMARTS) is 2. The normalized spacial score (nSPS) is 12.5. The molecule has 0 aromatic rings. The van der Waals surface area contributed by atoms with Crippen LogP contribution < -0.4 is 11.5 Å². The van der Waals surface area contributed by atoms with Crippen LogP contribution in [0.4, 0.5) is 0 Å². The van der Waals surface area contributed by atoms with Gasteiger partial charge in [-0.1, -0.05) is 0 Å². The first-order valence-corrected chi connectivity index (χ1v) is 3.55. The maximum absolute atomic E-state index is 9.65. The number of hydrogen-bond acceptors (Lipinski definition) is 6. The van der Waals surface area contributed by atoms with Crippen molar-refractivity contribution >= 4 is 11.9 Å². The Labute approximate surface area is 99.5 Å². The zero-order valence-electron chi connectivity index (χ0n) is 7.65. The Kier molecular flexibility index (Phi) is 15.3. The number of nitrogens with two attached hydrogens (primary N) is 2. The second-order valence-electron chi connectivity index (χ2n) is 2.25. The Morgan fingerprint density at radius 2 is 1.13 bits per heavy atom. The van der Waals surface area contributed by atoms with Gasteiger partial charge in [0.15, 0.2) is 0 Å². The molecule has 94 valence electrons. The van der Waals surface area contributed by atoms with E-state index in [4.69, 9.17) is 31.9 Å². The standard InChI is InChI=1S/2C3H7NO3.Pd/c2*4-2(1-5)3(6)7;/h2*2,5H,1,4H2,(H,6,7);/t2*2-;/m00./s1. The van der Waals surface area contributed by atoms with E-state index in [0.717, 1.165) is 0 Å².